The van der Waals surface area contributed by atoms with Crippen molar-refractivity contribution in [3.63, 3.8) is 0 Å². The number of hydrogen-bond acceptors (Lipinski definition) is 3. The molecule has 0 atom stereocenters. The highest BCUT2D eigenvalue weighted by molar-refractivity contribution is 9.10. The fourth-order valence-electron chi connectivity index (χ4n) is 2.12. The SMILES string of the molecule is NCc1cnc(Oc2ccc(Br)c(F)c2)c2ccccc12. The van der Waals surface area contributed by atoms with Crippen LogP contribution in [0.1, 0.15) is 5.56 Å². The Morgan fingerprint density at radius 3 is 2.62 bits per heavy atom. The number of aromatic nitrogens is 1. The van der Waals surface area contributed by atoms with E-state index in [1.54, 1.807) is 18.3 Å². The first-order chi connectivity index (χ1) is 10.2. The van der Waals surface area contributed by atoms with E-state index in [-0.39, 0.29) is 5.82 Å². The molecule has 5 heteroatoms. The van der Waals surface area contributed by atoms with Gasteiger partial charge in [-0.3, -0.25) is 0 Å². The van der Waals surface area contributed by atoms with Crippen molar-refractivity contribution in [2.75, 3.05) is 0 Å². The molecule has 0 aliphatic heterocycles. The number of ether oxygens (including phenoxy) is 1. The summed E-state index contributed by atoms with van der Waals surface area (Å²) in [6, 6.07) is 12.3. The second-order valence-corrected chi connectivity index (χ2v) is 5.37. The van der Waals surface area contributed by atoms with E-state index in [0.29, 0.717) is 22.6 Å². The lowest BCUT2D eigenvalue weighted by Gasteiger charge is -2.10. The van der Waals surface area contributed by atoms with Crippen LogP contribution in [0.3, 0.4) is 0 Å². The van der Waals surface area contributed by atoms with Gasteiger partial charge in [0.25, 0.3) is 0 Å². The Hall–Kier alpha value is -1.98. The van der Waals surface area contributed by atoms with Gasteiger partial charge in [-0.1, -0.05) is 18.2 Å². The maximum absolute atomic E-state index is 13.6. The molecule has 0 aliphatic carbocycles. The predicted molar refractivity (Wildman–Crippen MR) is 83.8 cm³/mol. The lowest BCUT2D eigenvalue weighted by Crippen LogP contribution is -1.99. The molecule has 3 aromatic rings. The van der Waals surface area contributed by atoms with E-state index in [0.717, 1.165) is 16.3 Å². The second kappa shape index (κ2) is 5.79. The van der Waals surface area contributed by atoms with Gasteiger partial charge in [-0.2, -0.15) is 0 Å². The first-order valence-corrected chi connectivity index (χ1v) is 7.18. The van der Waals surface area contributed by atoms with Crippen molar-refractivity contribution < 1.29 is 9.13 Å². The molecule has 21 heavy (non-hydrogen) atoms. The number of rotatable bonds is 3. The average molecular weight is 347 g/mol. The zero-order chi connectivity index (χ0) is 14.8. The number of fused-ring (bicyclic) bond motifs is 1. The lowest BCUT2D eigenvalue weighted by molar-refractivity contribution is 0.463. The van der Waals surface area contributed by atoms with E-state index >= 15 is 0 Å². The summed E-state index contributed by atoms with van der Waals surface area (Å²) in [6.07, 6.45) is 1.69. The van der Waals surface area contributed by atoms with Crippen LogP contribution < -0.4 is 10.5 Å². The predicted octanol–water partition coefficient (Wildman–Crippen LogP) is 4.39. The molecule has 106 valence electrons. The molecule has 2 N–H and O–H groups in total. The number of pyridine rings is 1. The van der Waals surface area contributed by atoms with Crippen LogP contribution in [0.15, 0.2) is 53.1 Å². The molecule has 0 saturated carbocycles. The van der Waals surface area contributed by atoms with E-state index < -0.39 is 0 Å². The Balaban J connectivity index is 2.06. The van der Waals surface area contributed by atoms with Crippen LogP contribution in [0.2, 0.25) is 0 Å². The van der Waals surface area contributed by atoms with Crippen molar-refractivity contribution in [3.05, 3.63) is 64.5 Å². The topological polar surface area (TPSA) is 48.1 Å². The highest BCUT2D eigenvalue weighted by atomic mass is 79.9. The Bertz CT molecular complexity index is 807. The minimum atomic E-state index is -0.379. The molecular weight excluding hydrogens is 335 g/mol. The Morgan fingerprint density at radius 1 is 1.14 bits per heavy atom. The summed E-state index contributed by atoms with van der Waals surface area (Å²) in [5.41, 5.74) is 6.66. The maximum atomic E-state index is 13.6. The summed E-state index contributed by atoms with van der Waals surface area (Å²) in [5, 5.41) is 1.84. The van der Waals surface area contributed by atoms with Crippen molar-refractivity contribution in [3.8, 4) is 11.6 Å². The largest absolute Gasteiger partial charge is 0.438 e. The van der Waals surface area contributed by atoms with Crippen LogP contribution in [0, 0.1) is 5.82 Å². The molecule has 0 fully saturated rings. The van der Waals surface area contributed by atoms with Gasteiger partial charge in [0.1, 0.15) is 11.6 Å². The zero-order valence-corrected chi connectivity index (χ0v) is 12.6. The molecule has 1 aromatic heterocycles. The van der Waals surface area contributed by atoms with Crippen molar-refractivity contribution in [1.82, 2.24) is 4.98 Å². The minimum absolute atomic E-state index is 0.379. The van der Waals surface area contributed by atoms with Gasteiger partial charge in [-0.25, -0.2) is 9.37 Å². The number of nitrogens with zero attached hydrogens (tertiary/aromatic N) is 1. The molecule has 1 heterocycles. The molecule has 0 spiro atoms. The van der Waals surface area contributed by atoms with Gasteiger partial charge in [-0.05, 0) is 45.1 Å². The van der Waals surface area contributed by atoms with E-state index in [1.165, 1.54) is 6.07 Å². The fourth-order valence-corrected chi connectivity index (χ4v) is 2.37. The summed E-state index contributed by atoms with van der Waals surface area (Å²) in [7, 11) is 0. The van der Waals surface area contributed by atoms with E-state index in [1.807, 2.05) is 24.3 Å². The highest BCUT2D eigenvalue weighted by Crippen LogP contribution is 2.31. The van der Waals surface area contributed by atoms with E-state index in [4.69, 9.17) is 10.5 Å². The van der Waals surface area contributed by atoms with Crippen molar-refractivity contribution in [2.24, 2.45) is 5.73 Å². The molecule has 0 bridgehead atoms. The molecule has 3 rings (SSSR count). The number of benzene rings is 2. The third-order valence-electron chi connectivity index (χ3n) is 3.17. The van der Waals surface area contributed by atoms with Gasteiger partial charge in [0.2, 0.25) is 5.88 Å². The third-order valence-corrected chi connectivity index (χ3v) is 3.81. The Kier molecular flexibility index (Phi) is 3.86. The van der Waals surface area contributed by atoms with Crippen molar-refractivity contribution in [2.45, 2.75) is 6.54 Å². The smallest absolute Gasteiger partial charge is 0.227 e. The molecule has 0 saturated heterocycles. The summed E-state index contributed by atoms with van der Waals surface area (Å²) >= 11 is 3.11. The van der Waals surface area contributed by atoms with Crippen LogP contribution in [-0.4, -0.2) is 4.98 Å². The van der Waals surface area contributed by atoms with Gasteiger partial charge in [-0.15, -0.1) is 0 Å². The quantitative estimate of drug-likeness (QED) is 0.765. The monoisotopic (exact) mass is 346 g/mol. The van der Waals surface area contributed by atoms with Gasteiger partial charge in [0.05, 0.1) is 4.47 Å². The molecular formula is C16H12BrFN2O. The summed E-state index contributed by atoms with van der Waals surface area (Å²) in [4.78, 5) is 4.29. The van der Waals surface area contributed by atoms with E-state index in [2.05, 4.69) is 20.9 Å². The van der Waals surface area contributed by atoms with Crippen molar-refractivity contribution >= 4 is 26.7 Å². The standard InChI is InChI=1S/C16H12BrFN2O/c17-14-6-5-11(7-15(14)18)21-16-13-4-2-1-3-12(13)10(8-19)9-20-16/h1-7,9H,8,19H2. The van der Waals surface area contributed by atoms with Crippen LogP contribution in [0.4, 0.5) is 4.39 Å². The zero-order valence-electron chi connectivity index (χ0n) is 11.0. The molecule has 0 unspecified atom stereocenters. The van der Waals surface area contributed by atoms with Gasteiger partial charge < -0.3 is 10.5 Å². The highest BCUT2D eigenvalue weighted by Gasteiger charge is 2.09. The summed E-state index contributed by atoms with van der Waals surface area (Å²) in [6.45, 7) is 0.403. The Morgan fingerprint density at radius 2 is 1.90 bits per heavy atom. The lowest BCUT2D eigenvalue weighted by atomic mass is 10.1. The second-order valence-electron chi connectivity index (χ2n) is 4.52. The molecule has 2 aromatic carbocycles. The summed E-state index contributed by atoms with van der Waals surface area (Å²) < 4.78 is 19.7. The fraction of sp³-hybridized carbons (Fsp3) is 0.0625. The van der Waals surface area contributed by atoms with Crippen molar-refractivity contribution in [1.29, 1.82) is 0 Å². The molecule has 3 nitrogen and oxygen atoms in total. The van der Waals surface area contributed by atoms with Crippen LogP contribution in [-0.2, 0) is 6.54 Å². The molecule has 0 amide bonds. The number of halogens is 2. The summed E-state index contributed by atoms with van der Waals surface area (Å²) in [5.74, 6) is 0.453. The first kappa shape index (κ1) is 14.0. The number of nitrogens with two attached hydrogens (primary N) is 1. The van der Waals surface area contributed by atoms with Crippen LogP contribution >= 0.6 is 15.9 Å². The normalized spacial score (nSPS) is 10.8. The first-order valence-electron chi connectivity index (χ1n) is 6.38. The van der Waals surface area contributed by atoms with Crippen LogP contribution in [0.5, 0.6) is 11.6 Å². The third kappa shape index (κ3) is 2.75. The Labute approximate surface area is 129 Å². The average Bonchev–Trinajstić information content (AvgIpc) is 2.51. The van der Waals surface area contributed by atoms with Gasteiger partial charge in [0.15, 0.2) is 0 Å². The molecule has 0 radical (unpaired) electrons. The number of hydrogen-bond donors (Lipinski definition) is 1. The van der Waals surface area contributed by atoms with Crippen LogP contribution in [0.25, 0.3) is 10.8 Å². The molecule has 0 aliphatic rings. The van der Waals surface area contributed by atoms with Gasteiger partial charge >= 0.3 is 0 Å². The van der Waals surface area contributed by atoms with E-state index in [9.17, 15) is 4.39 Å². The van der Waals surface area contributed by atoms with Gasteiger partial charge in [0, 0.05) is 24.2 Å². The minimum Gasteiger partial charge on any atom is -0.438 e. The maximum Gasteiger partial charge on any atom is 0.227 e.